The summed E-state index contributed by atoms with van der Waals surface area (Å²) in [7, 11) is 1.87. The second-order valence-corrected chi connectivity index (χ2v) is 5.07. The summed E-state index contributed by atoms with van der Waals surface area (Å²) in [6, 6.07) is 7.65. The predicted molar refractivity (Wildman–Crippen MR) is 72.0 cm³/mol. The van der Waals surface area contributed by atoms with E-state index in [1.807, 2.05) is 31.3 Å². The van der Waals surface area contributed by atoms with Crippen molar-refractivity contribution in [3.8, 4) is 0 Å². The van der Waals surface area contributed by atoms with Gasteiger partial charge in [-0.1, -0.05) is 28.2 Å². The number of aromatic nitrogens is 2. The molecule has 1 aromatic carbocycles. The average Bonchev–Trinajstić information content (AvgIpc) is 3.00. The van der Waals surface area contributed by atoms with Crippen LogP contribution in [0.25, 0.3) is 11.0 Å². The van der Waals surface area contributed by atoms with E-state index in [0.29, 0.717) is 10.6 Å². The number of nitrogens with zero attached hydrogens (tertiary/aromatic N) is 2. The van der Waals surface area contributed by atoms with Gasteiger partial charge in [-0.2, -0.15) is 0 Å². The molecule has 18 heavy (non-hydrogen) atoms. The molecule has 3 rings (SSSR count). The number of hydrogen-bond donors (Lipinski definition) is 1. The zero-order valence-corrected chi connectivity index (χ0v) is 11.1. The molecule has 4 nitrogen and oxygen atoms in total. The molecule has 1 N–H and O–H groups in total. The highest BCUT2D eigenvalue weighted by molar-refractivity contribution is 7.05. The minimum absolute atomic E-state index is 0.0477. The highest BCUT2D eigenvalue weighted by Crippen LogP contribution is 2.32. The van der Waals surface area contributed by atoms with E-state index in [4.69, 9.17) is 16.0 Å². The number of benzene rings is 1. The second kappa shape index (κ2) is 4.68. The molecule has 2 heterocycles. The molecule has 1 atom stereocenters. The van der Waals surface area contributed by atoms with E-state index < -0.39 is 0 Å². The molecular weight excluding hydrogens is 270 g/mol. The van der Waals surface area contributed by atoms with Crippen LogP contribution >= 0.6 is 23.1 Å². The summed E-state index contributed by atoms with van der Waals surface area (Å²) in [5.41, 5.74) is 0.715. The van der Waals surface area contributed by atoms with Gasteiger partial charge in [0.15, 0.2) is 5.58 Å². The maximum Gasteiger partial charge on any atom is 0.152 e. The van der Waals surface area contributed by atoms with Crippen LogP contribution in [0.1, 0.15) is 16.7 Å². The lowest BCUT2D eigenvalue weighted by molar-refractivity contribution is 0.495. The Hall–Kier alpha value is -1.43. The molecule has 0 amide bonds. The molecule has 2 aromatic heterocycles. The van der Waals surface area contributed by atoms with Gasteiger partial charge in [0.1, 0.15) is 11.8 Å². The number of rotatable bonds is 3. The van der Waals surface area contributed by atoms with E-state index in [2.05, 4.69) is 14.9 Å². The Labute approximate surface area is 113 Å². The predicted octanol–water partition coefficient (Wildman–Crippen LogP) is 3.25. The van der Waals surface area contributed by atoms with Crippen molar-refractivity contribution >= 4 is 34.1 Å². The molecule has 3 aromatic rings. The quantitative estimate of drug-likeness (QED) is 0.800. The number of nitrogens with one attached hydrogen (secondary N) is 1. The van der Waals surface area contributed by atoms with Crippen LogP contribution in [0, 0.1) is 0 Å². The standard InChI is InChI=1S/C12H10ClN3OS/c1-14-11(10-6-15-16-18-10)9-5-7-3-2-4-8(13)12(7)17-9/h2-6,11,14H,1H3. The highest BCUT2D eigenvalue weighted by Gasteiger charge is 2.19. The minimum atomic E-state index is -0.0477. The fourth-order valence-electron chi connectivity index (χ4n) is 1.92. The van der Waals surface area contributed by atoms with Gasteiger partial charge in [0, 0.05) is 5.39 Å². The summed E-state index contributed by atoms with van der Waals surface area (Å²) < 4.78 is 9.70. The Balaban J connectivity index is 2.11. The van der Waals surface area contributed by atoms with Crippen LogP contribution in [-0.4, -0.2) is 16.6 Å². The number of para-hydroxylation sites is 1. The first-order valence-electron chi connectivity index (χ1n) is 5.42. The topological polar surface area (TPSA) is 51.0 Å². The van der Waals surface area contributed by atoms with E-state index in [1.165, 1.54) is 11.5 Å². The molecule has 1 unspecified atom stereocenters. The van der Waals surface area contributed by atoms with Gasteiger partial charge in [-0.3, -0.25) is 0 Å². The normalized spacial score (nSPS) is 13.0. The third-order valence-corrected chi connectivity index (χ3v) is 3.78. The molecule has 0 fully saturated rings. The number of hydrogen-bond acceptors (Lipinski definition) is 5. The molecule has 6 heteroatoms. The SMILES string of the molecule is CNC(c1cc2cccc(Cl)c2o1)c1cnns1. The molecule has 0 saturated heterocycles. The number of furan rings is 1. The first kappa shape index (κ1) is 11.6. The Morgan fingerprint density at radius 3 is 3.00 bits per heavy atom. The number of fused-ring (bicyclic) bond motifs is 1. The van der Waals surface area contributed by atoms with Crippen molar-refractivity contribution in [2.75, 3.05) is 7.05 Å². The molecule has 0 aliphatic carbocycles. The molecule has 0 spiro atoms. The minimum Gasteiger partial charge on any atom is -0.457 e. The third-order valence-electron chi connectivity index (χ3n) is 2.75. The Morgan fingerprint density at radius 2 is 2.33 bits per heavy atom. The van der Waals surface area contributed by atoms with Crippen molar-refractivity contribution in [2.45, 2.75) is 6.04 Å². The maximum absolute atomic E-state index is 6.11. The van der Waals surface area contributed by atoms with Crippen LogP contribution < -0.4 is 5.32 Å². The fourth-order valence-corrected chi connectivity index (χ4v) is 2.76. The van der Waals surface area contributed by atoms with E-state index in [9.17, 15) is 0 Å². The summed E-state index contributed by atoms with van der Waals surface area (Å²) in [5, 5.41) is 8.66. The van der Waals surface area contributed by atoms with Gasteiger partial charge in [0.05, 0.1) is 16.1 Å². The van der Waals surface area contributed by atoms with Gasteiger partial charge < -0.3 is 9.73 Å². The van der Waals surface area contributed by atoms with E-state index >= 15 is 0 Å². The monoisotopic (exact) mass is 279 g/mol. The lowest BCUT2D eigenvalue weighted by atomic mass is 10.2. The molecular formula is C12H10ClN3OS. The van der Waals surface area contributed by atoms with Gasteiger partial charge in [-0.15, -0.1) is 5.10 Å². The molecule has 0 aliphatic heterocycles. The molecule has 0 saturated carbocycles. The van der Waals surface area contributed by atoms with Crippen molar-refractivity contribution in [1.82, 2.24) is 14.9 Å². The largest absolute Gasteiger partial charge is 0.457 e. The summed E-state index contributed by atoms with van der Waals surface area (Å²) in [5.74, 6) is 0.812. The lowest BCUT2D eigenvalue weighted by Gasteiger charge is -2.09. The van der Waals surface area contributed by atoms with Crippen LogP contribution in [0.5, 0.6) is 0 Å². The van der Waals surface area contributed by atoms with E-state index in [1.54, 1.807) is 6.20 Å². The maximum atomic E-state index is 6.11. The van der Waals surface area contributed by atoms with E-state index in [-0.39, 0.29) is 6.04 Å². The zero-order chi connectivity index (χ0) is 12.5. The molecule has 0 bridgehead atoms. The van der Waals surface area contributed by atoms with Crippen LogP contribution in [0.4, 0.5) is 0 Å². The molecule has 0 radical (unpaired) electrons. The fraction of sp³-hybridized carbons (Fsp3) is 0.167. The molecule has 92 valence electrons. The van der Waals surface area contributed by atoms with E-state index in [0.717, 1.165) is 16.0 Å². The highest BCUT2D eigenvalue weighted by atomic mass is 35.5. The van der Waals surface area contributed by atoms with Crippen LogP contribution in [0.2, 0.25) is 5.02 Å². The Kier molecular flexibility index (Phi) is 3.03. The van der Waals surface area contributed by atoms with Gasteiger partial charge in [0.2, 0.25) is 0 Å². The van der Waals surface area contributed by atoms with Crippen molar-refractivity contribution < 1.29 is 4.42 Å². The van der Waals surface area contributed by atoms with Gasteiger partial charge in [0.25, 0.3) is 0 Å². The van der Waals surface area contributed by atoms with Crippen LogP contribution in [0.3, 0.4) is 0 Å². The Bertz CT molecular complexity index is 665. The van der Waals surface area contributed by atoms with Crippen molar-refractivity contribution in [3.63, 3.8) is 0 Å². The van der Waals surface area contributed by atoms with Gasteiger partial charge in [-0.05, 0) is 30.7 Å². The summed E-state index contributed by atoms with van der Waals surface area (Å²) in [6.07, 6.45) is 1.74. The lowest BCUT2D eigenvalue weighted by Crippen LogP contribution is -2.15. The van der Waals surface area contributed by atoms with Crippen molar-refractivity contribution in [1.29, 1.82) is 0 Å². The van der Waals surface area contributed by atoms with Gasteiger partial charge in [-0.25, -0.2) is 0 Å². The summed E-state index contributed by atoms with van der Waals surface area (Å²) >= 11 is 7.45. The van der Waals surface area contributed by atoms with Crippen molar-refractivity contribution in [3.05, 3.63) is 46.1 Å². The molecule has 0 aliphatic rings. The second-order valence-electron chi connectivity index (χ2n) is 3.85. The Morgan fingerprint density at radius 1 is 1.44 bits per heavy atom. The first-order chi connectivity index (χ1) is 8.79. The van der Waals surface area contributed by atoms with Crippen LogP contribution in [-0.2, 0) is 0 Å². The van der Waals surface area contributed by atoms with Crippen LogP contribution in [0.15, 0.2) is 34.9 Å². The zero-order valence-electron chi connectivity index (χ0n) is 9.55. The summed E-state index contributed by atoms with van der Waals surface area (Å²) in [4.78, 5) is 1.01. The first-order valence-corrected chi connectivity index (χ1v) is 6.57. The summed E-state index contributed by atoms with van der Waals surface area (Å²) in [6.45, 7) is 0. The van der Waals surface area contributed by atoms with Crippen molar-refractivity contribution in [2.24, 2.45) is 0 Å². The van der Waals surface area contributed by atoms with Gasteiger partial charge >= 0.3 is 0 Å². The smallest absolute Gasteiger partial charge is 0.152 e. The third kappa shape index (κ3) is 1.90. The average molecular weight is 280 g/mol. The number of halogens is 1.